The number of hydrogen-bond acceptors (Lipinski definition) is 3. The topological polar surface area (TPSA) is 58.3 Å². The Labute approximate surface area is 111 Å². The van der Waals surface area contributed by atoms with Crippen LogP contribution in [0, 0.1) is 0 Å². The Morgan fingerprint density at radius 3 is 2.26 bits per heavy atom. The number of anilines is 3. The van der Waals surface area contributed by atoms with Gasteiger partial charge in [-0.15, -0.1) is 0 Å². The van der Waals surface area contributed by atoms with Crippen LogP contribution in [0.15, 0.2) is 60.7 Å². The Kier molecular flexibility index (Phi) is 2.72. The van der Waals surface area contributed by atoms with E-state index in [0.29, 0.717) is 0 Å². The van der Waals surface area contributed by atoms with E-state index in [-0.39, 0.29) is 5.75 Å². The van der Waals surface area contributed by atoms with Gasteiger partial charge in [0.25, 0.3) is 0 Å². The lowest BCUT2D eigenvalue weighted by Crippen LogP contribution is -1.92. The summed E-state index contributed by atoms with van der Waals surface area (Å²) in [5.41, 5.74) is 8.21. The predicted octanol–water partition coefficient (Wildman–Crippen LogP) is 3.87. The van der Waals surface area contributed by atoms with Crippen LogP contribution < -0.4 is 11.1 Å². The zero-order valence-corrected chi connectivity index (χ0v) is 10.3. The van der Waals surface area contributed by atoms with E-state index in [9.17, 15) is 5.11 Å². The smallest absolute Gasteiger partial charge is 0.125 e. The van der Waals surface area contributed by atoms with Gasteiger partial charge in [0.05, 0.1) is 5.69 Å². The molecule has 0 fully saturated rings. The van der Waals surface area contributed by atoms with Crippen molar-refractivity contribution in [2.75, 3.05) is 11.1 Å². The van der Waals surface area contributed by atoms with Crippen LogP contribution in [0.3, 0.4) is 0 Å². The molecule has 0 spiro atoms. The standard InChI is InChI=1S/C16H14N2O/c17-12-7-9-13(10-8-12)18-14-5-1-3-11-4-2-6-15(19)16(11)14/h1-10,18-19H,17H2. The van der Waals surface area contributed by atoms with E-state index >= 15 is 0 Å². The molecule has 3 aromatic rings. The zero-order chi connectivity index (χ0) is 13.2. The first kappa shape index (κ1) is 11.4. The largest absolute Gasteiger partial charge is 0.507 e. The third kappa shape index (κ3) is 2.18. The molecule has 0 saturated carbocycles. The van der Waals surface area contributed by atoms with Gasteiger partial charge in [-0.2, -0.15) is 0 Å². The van der Waals surface area contributed by atoms with Crippen molar-refractivity contribution < 1.29 is 5.11 Å². The van der Waals surface area contributed by atoms with E-state index in [1.54, 1.807) is 6.07 Å². The zero-order valence-electron chi connectivity index (χ0n) is 10.3. The number of nitrogens with two attached hydrogens (primary N) is 1. The maximum Gasteiger partial charge on any atom is 0.125 e. The fourth-order valence-corrected chi connectivity index (χ4v) is 2.15. The third-order valence-electron chi connectivity index (χ3n) is 3.07. The molecule has 3 rings (SSSR count). The van der Waals surface area contributed by atoms with Crippen LogP contribution in [-0.4, -0.2) is 5.11 Å². The molecule has 3 heteroatoms. The quantitative estimate of drug-likeness (QED) is 0.605. The fraction of sp³-hybridized carbons (Fsp3) is 0. The van der Waals surface area contributed by atoms with Crippen LogP contribution in [0.4, 0.5) is 17.1 Å². The van der Waals surface area contributed by atoms with E-state index in [1.807, 2.05) is 54.6 Å². The number of rotatable bonds is 2. The summed E-state index contributed by atoms with van der Waals surface area (Å²) in [6.45, 7) is 0. The maximum absolute atomic E-state index is 10.0. The fourth-order valence-electron chi connectivity index (χ4n) is 2.15. The van der Waals surface area contributed by atoms with E-state index < -0.39 is 0 Å². The van der Waals surface area contributed by atoms with Gasteiger partial charge in [0.15, 0.2) is 0 Å². The first-order chi connectivity index (χ1) is 9.24. The number of hydrogen-bond donors (Lipinski definition) is 3. The van der Waals surface area contributed by atoms with Crippen LogP contribution in [0.1, 0.15) is 0 Å². The average molecular weight is 250 g/mol. The molecule has 19 heavy (non-hydrogen) atoms. The van der Waals surface area contributed by atoms with Crippen molar-refractivity contribution in [3.8, 4) is 5.75 Å². The normalized spacial score (nSPS) is 10.5. The summed E-state index contributed by atoms with van der Waals surface area (Å²) in [5.74, 6) is 0.274. The molecule has 94 valence electrons. The first-order valence-corrected chi connectivity index (χ1v) is 6.07. The molecule has 0 unspecified atom stereocenters. The Bertz CT molecular complexity index is 715. The van der Waals surface area contributed by atoms with Crippen molar-refractivity contribution in [2.24, 2.45) is 0 Å². The predicted molar refractivity (Wildman–Crippen MR) is 79.7 cm³/mol. The highest BCUT2D eigenvalue weighted by atomic mass is 16.3. The number of phenolic OH excluding ortho intramolecular Hbond substituents is 1. The van der Waals surface area contributed by atoms with Crippen LogP contribution >= 0.6 is 0 Å². The minimum absolute atomic E-state index is 0.274. The highest BCUT2D eigenvalue weighted by Crippen LogP contribution is 2.33. The van der Waals surface area contributed by atoms with Crippen LogP contribution in [0.25, 0.3) is 10.8 Å². The second kappa shape index (κ2) is 4.53. The molecule has 0 saturated heterocycles. The summed E-state index contributed by atoms with van der Waals surface area (Å²) in [5, 5.41) is 15.1. The molecule has 0 aliphatic heterocycles. The van der Waals surface area contributed by atoms with Gasteiger partial charge in [0, 0.05) is 16.8 Å². The van der Waals surface area contributed by atoms with E-state index in [2.05, 4.69) is 5.32 Å². The number of benzene rings is 3. The van der Waals surface area contributed by atoms with Gasteiger partial charge in [-0.25, -0.2) is 0 Å². The molecular weight excluding hydrogens is 236 g/mol. The lowest BCUT2D eigenvalue weighted by Gasteiger charge is -2.11. The molecule has 3 aromatic carbocycles. The third-order valence-corrected chi connectivity index (χ3v) is 3.07. The van der Waals surface area contributed by atoms with Gasteiger partial charge in [0.1, 0.15) is 5.75 Å². The van der Waals surface area contributed by atoms with Crippen molar-refractivity contribution in [2.45, 2.75) is 0 Å². The second-order valence-corrected chi connectivity index (χ2v) is 4.43. The lowest BCUT2D eigenvalue weighted by molar-refractivity contribution is 0.482. The van der Waals surface area contributed by atoms with Gasteiger partial charge in [0.2, 0.25) is 0 Å². The van der Waals surface area contributed by atoms with Crippen molar-refractivity contribution in [1.82, 2.24) is 0 Å². The molecule has 0 heterocycles. The minimum Gasteiger partial charge on any atom is -0.507 e. The summed E-state index contributed by atoms with van der Waals surface area (Å²) in [6, 6.07) is 18.9. The van der Waals surface area contributed by atoms with Gasteiger partial charge in [-0.05, 0) is 41.8 Å². The number of phenols is 1. The SMILES string of the molecule is Nc1ccc(Nc2cccc3cccc(O)c23)cc1. The Morgan fingerprint density at radius 1 is 0.842 bits per heavy atom. The van der Waals surface area contributed by atoms with Crippen LogP contribution in [0.2, 0.25) is 0 Å². The van der Waals surface area contributed by atoms with E-state index in [4.69, 9.17) is 5.73 Å². The Hall–Kier alpha value is -2.68. The maximum atomic E-state index is 10.0. The van der Waals surface area contributed by atoms with Gasteiger partial charge in [-0.1, -0.05) is 24.3 Å². The highest BCUT2D eigenvalue weighted by Gasteiger charge is 2.05. The monoisotopic (exact) mass is 250 g/mol. The van der Waals surface area contributed by atoms with Crippen molar-refractivity contribution in [1.29, 1.82) is 0 Å². The molecule has 0 aliphatic rings. The molecular formula is C16H14N2O. The van der Waals surface area contributed by atoms with Gasteiger partial charge >= 0.3 is 0 Å². The molecule has 0 aliphatic carbocycles. The highest BCUT2D eigenvalue weighted by molar-refractivity contribution is 5.99. The summed E-state index contributed by atoms with van der Waals surface area (Å²) < 4.78 is 0. The summed E-state index contributed by atoms with van der Waals surface area (Å²) in [4.78, 5) is 0. The van der Waals surface area contributed by atoms with Crippen molar-refractivity contribution >= 4 is 27.8 Å². The number of nitrogens with one attached hydrogen (secondary N) is 1. The van der Waals surface area contributed by atoms with Crippen molar-refractivity contribution in [3.05, 3.63) is 60.7 Å². The average Bonchev–Trinajstić information content (AvgIpc) is 2.42. The summed E-state index contributed by atoms with van der Waals surface area (Å²) in [6.07, 6.45) is 0. The van der Waals surface area contributed by atoms with Crippen LogP contribution in [-0.2, 0) is 0 Å². The van der Waals surface area contributed by atoms with E-state index in [1.165, 1.54) is 0 Å². The van der Waals surface area contributed by atoms with Crippen molar-refractivity contribution in [3.63, 3.8) is 0 Å². The molecule has 0 radical (unpaired) electrons. The van der Waals surface area contributed by atoms with E-state index in [0.717, 1.165) is 27.8 Å². The second-order valence-electron chi connectivity index (χ2n) is 4.43. The van der Waals surface area contributed by atoms with Crippen LogP contribution in [0.5, 0.6) is 5.75 Å². The minimum atomic E-state index is 0.274. The molecule has 4 N–H and O–H groups in total. The Morgan fingerprint density at radius 2 is 1.53 bits per heavy atom. The number of aromatic hydroxyl groups is 1. The number of nitrogen functional groups attached to an aromatic ring is 1. The van der Waals surface area contributed by atoms with Gasteiger partial charge < -0.3 is 16.2 Å². The molecule has 0 atom stereocenters. The molecule has 3 nitrogen and oxygen atoms in total. The summed E-state index contributed by atoms with van der Waals surface area (Å²) >= 11 is 0. The Balaban J connectivity index is 2.08. The van der Waals surface area contributed by atoms with Gasteiger partial charge in [-0.3, -0.25) is 0 Å². The molecule has 0 bridgehead atoms. The first-order valence-electron chi connectivity index (χ1n) is 6.07. The summed E-state index contributed by atoms with van der Waals surface area (Å²) in [7, 11) is 0. The number of fused-ring (bicyclic) bond motifs is 1. The molecule has 0 aromatic heterocycles. The lowest BCUT2D eigenvalue weighted by atomic mass is 10.1. The molecule has 0 amide bonds.